The van der Waals surface area contributed by atoms with Gasteiger partial charge in [-0.15, -0.1) is 0 Å². The van der Waals surface area contributed by atoms with Gasteiger partial charge in [-0.25, -0.2) is 0 Å². The van der Waals surface area contributed by atoms with Crippen LogP contribution in [0.15, 0.2) is 12.1 Å². The second-order valence-corrected chi connectivity index (χ2v) is 5.27. The summed E-state index contributed by atoms with van der Waals surface area (Å²) in [6.07, 6.45) is 0. The van der Waals surface area contributed by atoms with Gasteiger partial charge in [0.15, 0.2) is 11.5 Å². The van der Waals surface area contributed by atoms with E-state index in [-0.39, 0.29) is 18.2 Å². The van der Waals surface area contributed by atoms with Crippen LogP contribution in [0.4, 0.5) is 0 Å². The van der Waals surface area contributed by atoms with Crippen LogP contribution in [0.3, 0.4) is 0 Å². The molecule has 92 valence electrons. The fraction of sp³-hybridized carbons (Fsp3) is 0.538. The van der Waals surface area contributed by atoms with Crippen molar-refractivity contribution in [2.24, 2.45) is 11.1 Å². The fourth-order valence-corrected chi connectivity index (χ4v) is 2.63. The number of fused-ring (bicyclic) bond motifs is 1. The van der Waals surface area contributed by atoms with Crippen LogP contribution in [0, 0.1) is 5.41 Å². The number of benzene rings is 1. The minimum atomic E-state index is 0.126. The molecule has 17 heavy (non-hydrogen) atoms. The Morgan fingerprint density at radius 1 is 1.29 bits per heavy atom. The standard InChI is InChI=1S/C13H17NO3/c1-13(2)11(12(13)14)7-4-9-10(17-6-16-9)5-8(7)15-3/h4-5,11-12H,6,14H2,1-3H3/t11-,12-/m0/s1. The van der Waals surface area contributed by atoms with Crippen molar-refractivity contribution in [3.05, 3.63) is 17.7 Å². The molecule has 0 unspecified atom stereocenters. The molecule has 1 fully saturated rings. The van der Waals surface area contributed by atoms with Crippen LogP contribution in [-0.4, -0.2) is 19.9 Å². The molecule has 2 N–H and O–H groups in total. The van der Waals surface area contributed by atoms with E-state index in [1.807, 2.05) is 12.1 Å². The van der Waals surface area contributed by atoms with Gasteiger partial charge >= 0.3 is 0 Å². The first kappa shape index (κ1) is 10.7. The molecular formula is C13H17NO3. The minimum Gasteiger partial charge on any atom is -0.496 e. The monoisotopic (exact) mass is 235 g/mol. The van der Waals surface area contributed by atoms with Crippen molar-refractivity contribution in [1.29, 1.82) is 0 Å². The summed E-state index contributed by atoms with van der Waals surface area (Å²) in [5.74, 6) is 2.69. The van der Waals surface area contributed by atoms with E-state index in [1.54, 1.807) is 7.11 Å². The second kappa shape index (κ2) is 3.29. The van der Waals surface area contributed by atoms with Crippen molar-refractivity contribution >= 4 is 0 Å². The van der Waals surface area contributed by atoms with Crippen molar-refractivity contribution in [1.82, 2.24) is 0 Å². The quantitative estimate of drug-likeness (QED) is 0.850. The molecule has 1 aliphatic carbocycles. The number of nitrogens with two attached hydrogens (primary N) is 1. The molecule has 1 aromatic rings. The van der Waals surface area contributed by atoms with Gasteiger partial charge in [0.1, 0.15) is 5.75 Å². The molecule has 0 aromatic heterocycles. The lowest BCUT2D eigenvalue weighted by Gasteiger charge is -2.10. The lowest BCUT2D eigenvalue weighted by molar-refractivity contribution is 0.174. The van der Waals surface area contributed by atoms with Crippen molar-refractivity contribution < 1.29 is 14.2 Å². The molecule has 2 atom stereocenters. The lowest BCUT2D eigenvalue weighted by Crippen LogP contribution is -2.06. The average molecular weight is 235 g/mol. The maximum absolute atomic E-state index is 6.12. The van der Waals surface area contributed by atoms with Crippen molar-refractivity contribution in [2.45, 2.75) is 25.8 Å². The SMILES string of the molecule is COc1cc2c(cc1[C@H]1[C@H](N)C1(C)C)OCO2. The average Bonchev–Trinajstić information content (AvgIpc) is 2.69. The summed E-state index contributed by atoms with van der Waals surface area (Å²) >= 11 is 0. The summed E-state index contributed by atoms with van der Waals surface area (Å²) in [6, 6.07) is 4.07. The molecule has 2 aliphatic rings. The zero-order valence-corrected chi connectivity index (χ0v) is 10.3. The van der Waals surface area contributed by atoms with E-state index in [1.165, 1.54) is 0 Å². The lowest BCUT2D eigenvalue weighted by atomic mass is 10.0. The Morgan fingerprint density at radius 3 is 2.41 bits per heavy atom. The normalized spacial score (nSPS) is 28.0. The predicted octanol–water partition coefficient (Wildman–Crippen LogP) is 1.87. The highest BCUT2D eigenvalue weighted by atomic mass is 16.7. The summed E-state index contributed by atoms with van der Waals surface area (Å²) in [5.41, 5.74) is 7.36. The van der Waals surface area contributed by atoms with Gasteiger partial charge in [0.25, 0.3) is 0 Å². The predicted molar refractivity (Wildman–Crippen MR) is 63.6 cm³/mol. The number of methoxy groups -OCH3 is 1. The molecular weight excluding hydrogens is 218 g/mol. The molecule has 4 nitrogen and oxygen atoms in total. The first-order valence-corrected chi connectivity index (χ1v) is 5.79. The Labute approximate surface area is 101 Å². The second-order valence-electron chi connectivity index (χ2n) is 5.27. The van der Waals surface area contributed by atoms with Crippen LogP contribution >= 0.6 is 0 Å². The van der Waals surface area contributed by atoms with E-state index in [4.69, 9.17) is 19.9 Å². The third-order valence-electron chi connectivity index (χ3n) is 3.97. The van der Waals surface area contributed by atoms with Gasteiger partial charge < -0.3 is 19.9 Å². The highest BCUT2D eigenvalue weighted by Crippen LogP contribution is 2.60. The maximum Gasteiger partial charge on any atom is 0.231 e. The van der Waals surface area contributed by atoms with Gasteiger partial charge in [0.05, 0.1) is 7.11 Å². The molecule has 4 heteroatoms. The molecule has 0 radical (unpaired) electrons. The Kier molecular flexibility index (Phi) is 2.08. The van der Waals surface area contributed by atoms with Crippen LogP contribution in [-0.2, 0) is 0 Å². The summed E-state index contributed by atoms with van der Waals surface area (Å²) in [7, 11) is 1.67. The Hall–Kier alpha value is -1.42. The fourth-order valence-electron chi connectivity index (χ4n) is 2.63. The third-order valence-corrected chi connectivity index (χ3v) is 3.97. The smallest absolute Gasteiger partial charge is 0.231 e. The van der Waals surface area contributed by atoms with E-state index < -0.39 is 0 Å². The Balaban J connectivity index is 2.05. The zero-order chi connectivity index (χ0) is 12.2. The molecule has 1 heterocycles. The van der Waals surface area contributed by atoms with Crippen LogP contribution in [0.2, 0.25) is 0 Å². The molecule has 1 aromatic carbocycles. The number of ether oxygens (including phenoxy) is 3. The van der Waals surface area contributed by atoms with Gasteiger partial charge in [-0.3, -0.25) is 0 Å². The van der Waals surface area contributed by atoms with Gasteiger partial charge in [-0.1, -0.05) is 13.8 Å². The molecule has 0 saturated heterocycles. The number of hydrogen-bond acceptors (Lipinski definition) is 4. The van der Waals surface area contributed by atoms with E-state index in [9.17, 15) is 0 Å². The Bertz CT molecular complexity index is 470. The summed E-state index contributed by atoms with van der Waals surface area (Å²) < 4.78 is 16.2. The number of hydrogen-bond donors (Lipinski definition) is 1. The van der Waals surface area contributed by atoms with Crippen LogP contribution in [0.5, 0.6) is 17.2 Å². The first-order valence-electron chi connectivity index (χ1n) is 5.79. The van der Waals surface area contributed by atoms with Crippen molar-refractivity contribution in [2.75, 3.05) is 13.9 Å². The largest absolute Gasteiger partial charge is 0.496 e. The van der Waals surface area contributed by atoms with Gasteiger partial charge in [0.2, 0.25) is 6.79 Å². The summed E-state index contributed by atoms with van der Waals surface area (Å²) in [5, 5.41) is 0. The molecule has 3 rings (SSSR count). The van der Waals surface area contributed by atoms with E-state index >= 15 is 0 Å². The van der Waals surface area contributed by atoms with Crippen LogP contribution in [0.1, 0.15) is 25.3 Å². The molecule has 0 amide bonds. The van der Waals surface area contributed by atoms with Gasteiger partial charge in [0, 0.05) is 23.6 Å². The Morgan fingerprint density at radius 2 is 1.88 bits per heavy atom. The number of rotatable bonds is 2. The molecule has 1 aliphatic heterocycles. The van der Waals surface area contributed by atoms with E-state index in [2.05, 4.69) is 13.8 Å². The highest BCUT2D eigenvalue weighted by Gasteiger charge is 2.57. The van der Waals surface area contributed by atoms with Crippen LogP contribution < -0.4 is 19.9 Å². The van der Waals surface area contributed by atoms with Gasteiger partial charge in [-0.2, -0.15) is 0 Å². The zero-order valence-electron chi connectivity index (χ0n) is 10.3. The summed E-state index contributed by atoms with van der Waals surface area (Å²) in [6.45, 7) is 4.63. The van der Waals surface area contributed by atoms with Crippen LogP contribution in [0.25, 0.3) is 0 Å². The van der Waals surface area contributed by atoms with Crippen molar-refractivity contribution in [3.63, 3.8) is 0 Å². The molecule has 0 bridgehead atoms. The highest BCUT2D eigenvalue weighted by molar-refractivity contribution is 5.55. The minimum absolute atomic E-state index is 0.126. The molecule has 0 spiro atoms. The third kappa shape index (κ3) is 1.40. The summed E-state index contributed by atoms with van der Waals surface area (Å²) in [4.78, 5) is 0. The first-order chi connectivity index (χ1) is 8.05. The van der Waals surface area contributed by atoms with Crippen molar-refractivity contribution in [3.8, 4) is 17.2 Å². The maximum atomic E-state index is 6.12. The van der Waals surface area contributed by atoms with E-state index in [0.717, 1.165) is 22.8 Å². The molecule has 1 saturated carbocycles. The van der Waals surface area contributed by atoms with E-state index in [0.29, 0.717) is 5.92 Å². The van der Waals surface area contributed by atoms with Gasteiger partial charge in [-0.05, 0) is 11.5 Å². The topological polar surface area (TPSA) is 53.7 Å².